The van der Waals surface area contributed by atoms with Crippen LogP contribution in [0.2, 0.25) is 0 Å². The van der Waals surface area contributed by atoms with Gasteiger partial charge in [-0.25, -0.2) is 4.39 Å². The van der Waals surface area contributed by atoms with Crippen LogP contribution in [0.3, 0.4) is 0 Å². The van der Waals surface area contributed by atoms with Gasteiger partial charge >= 0.3 is 0 Å². The molecule has 0 saturated carbocycles. The minimum atomic E-state index is -0.216. The molecule has 136 valence electrons. The summed E-state index contributed by atoms with van der Waals surface area (Å²) < 4.78 is 18.9. The van der Waals surface area contributed by atoms with Crippen molar-refractivity contribution in [3.63, 3.8) is 0 Å². The van der Waals surface area contributed by atoms with E-state index in [9.17, 15) is 4.39 Å². The Balaban J connectivity index is 1.50. The number of halogens is 1. The van der Waals surface area contributed by atoms with Crippen molar-refractivity contribution >= 4 is 16.9 Å². The maximum Gasteiger partial charge on any atom is 0.191 e. The predicted octanol–water partition coefficient (Wildman–Crippen LogP) is 2.97. The summed E-state index contributed by atoms with van der Waals surface area (Å²) in [4.78, 5) is 7.76. The molecule has 1 aromatic heterocycles. The number of rotatable bonds is 7. The van der Waals surface area contributed by atoms with Gasteiger partial charge in [0.1, 0.15) is 5.82 Å². The number of H-pyrrole nitrogens is 1. The van der Waals surface area contributed by atoms with Crippen LogP contribution in [0.5, 0.6) is 0 Å². The zero-order valence-corrected chi connectivity index (χ0v) is 14.8. The quantitative estimate of drug-likeness (QED) is 0.533. The molecule has 1 aliphatic heterocycles. The second-order valence-corrected chi connectivity index (χ2v) is 6.36. The van der Waals surface area contributed by atoms with Crippen molar-refractivity contribution < 1.29 is 9.13 Å². The van der Waals surface area contributed by atoms with Crippen LogP contribution in [-0.2, 0) is 11.2 Å². The fraction of sp³-hybridized carbons (Fsp3) is 0.526. The smallest absolute Gasteiger partial charge is 0.191 e. The Kier molecular flexibility index (Phi) is 6.28. The van der Waals surface area contributed by atoms with E-state index in [1.165, 1.54) is 24.1 Å². The Labute approximate surface area is 148 Å². The number of nitrogens with one attached hydrogen (secondary N) is 3. The largest absolute Gasteiger partial charge is 0.378 e. The molecule has 3 rings (SSSR count). The number of hydrogen-bond acceptors (Lipinski definition) is 2. The molecule has 0 aliphatic carbocycles. The number of aliphatic imine (C=N–C) groups is 1. The Hall–Kier alpha value is -2.08. The molecule has 0 amide bonds. The van der Waals surface area contributed by atoms with Gasteiger partial charge in [-0.05, 0) is 56.4 Å². The summed E-state index contributed by atoms with van der Waals surface area (Å²) >= 11 is 0. The van der Waals surface area contributed by atoms with E-state index in [1.807, 2.05) is 12.3 Å². The van der Waals surface area contributed by atoms with E-state index in [0.29, 0.717) is 6.10 Å². The Morgan fingerprint density at radius 3 is 3.12 bits per heavy atom. The number of aromatic amines is 1. The van der Waals surface area contributed by atoms with Crippen LogP contribution < -0.4 is 10.6 Å². The van der Waals surface area contributed by atoms with E-state index >= 15 is 0 Å². The van der Waals surface area contributed by atoms with Crippen molar-refractivity contribution in [1.29, 1.82) is 0 Å². The highest BCUT2D eigenvalue weighted by atomic mass is 19.1. The fourth-order valence-electron chi connectivity index (χ4n) is 3.22. The summed E-state index contributed by atoms with van der Waals surface area (Å²) in [5, 5.41) is 7.72. The minimum absolute atomic E-state index is 0.216. The fourth-order valence-corrected chi connectivity index (χ4v) is 3.22. The Morgan fingerprint density at radius 1 is 1.40 bits per heavy atom. The molecule has 1 atom stereocenters. The van der Waals surface area contributed by atoms with E-state index in [1.54, 1.807) is 0 Å². The summed E-state index contributed by atoms with van der Waals surface area (Å²) in [6.45, 7) is 5.33. The van der Waals surface area contributed by atoms with Gasteiger partial charge in [0.25, 0.3) is 0 Å². The highest BCUT2D eigenvalue weighted by Crippen LogP contribution is 2.19. The number of benzene rings is 1. The minimum Gasteiger partial charge on any atom is -0.378 e. The molecule has 1 aromatic carbocycles. The zero-order chi connectivity index (χ0) is 17.5. The standard InChI is InChI=1S/C19H27FN4O/c1-2-21-19(23-10-8-16-4-3-11-25-16)22-9-7-14-13-24-18-12-15(20)5-6-17(14)18/h5-6,12-13,16,24H,2-4,7-11H2,1H3,(H2,21,22,23). The van der Waals surface area contributed by atoms with Gasteiger partial charge in [-0.3, -0.25) is 4.99 Å². The second-order valence-electron chi connectivity index (χ2n) is 6.36. The van der Waals surface area contributed by atoms with Crippen LogP contribution in [-0.4, -0.2) is 43.3 Å². The van der Waals surface area contributed by atoms with Crippen molar-refractivity contribution in [3.8, 4) is 0 Å². The lowest BCUT2D eigenvalue weighted by atomic mass is 10.1. The second kappa shape index (κ2) is 8.85. The maximum absolute atomic E-state index is 13.3. The average Bonchev–Trinajstić information content (AvgIpc) is 3.24. The molecule has 5 nitrogen and oxygen atoms in total. The Bertz CT molecular complexity index is 707. The van der Waals surface area contributed by atoms with Gasteiger partial charge in [0, 0.05) is 43.3 Å². The summed E-state index contributed by atoms with van der Waals surface area (Å²) in [7, 11) is 0. The summed E-state index contributed by atoms with van der Waals surface area (Å²) in [6, 6.07) is 4.87. The summed E-state index contributed by atoms with van der Waals surface area (Å²) in [5.41, 5.74) is 2.02. The monoisotopic (exact) mass is 346 g/mol. The summed E-state index contributed by atoms with van der Waals surface area (Å²) in [5.74, 6) is 0.623. The molecule has 3 N–H and O–H groups in total. The van der Waals surface area contributed by atoms with Gasteiger partial charge in [0.15, 0.2) is 5.96 Å². The third-order valence-corrected chi connectivity index (χ3v) is 4.51. The molecule has 6 heteroatoms. The molecular formula is C19H27FN4O. The van der Waals surface area contributed by atoms with Gasteiger partial charge < -0.3 is 20.4 Å². The lowest BCUT2D eigenvalue weighted by Crippen LogP contribution is -2.38. The zero-order valence-electron chi connectivity index (χ0n) is 14.8. The van der Waals surface area contributed by atoms with E-state index in [0.717, 1.165) is 62.4 Å². The highest BCUT2D eigenvalue weighted by Gasteiger charge is 2.14. The van der Waals surface area contributed by atoms with E-state index in [2.05, 4.69) is 27.5 Å². The van der Waals surface area contributed by atoms with Crippen molar-refractivity contribution in [3.05, 3.63) is 35.8 Å². The molecule has 2 aromatic rings. The van der Waals surface area contributed by atoms with Crippen LogP contribution in [0.1, 0.15) is 31.7 Å². The van der Waals surface area contributed by atoms with Crippen LogP contribution in [0.4, 0.5) is 4.39 Å². The van der Waals surface area contributed by atoms with Gasteiger partial charge in [-0.15, -0.1) is 0 Å². The first-order chi connectivity index (χ1) is 12.3. The first-order valence-corrected chi connectivity index (χ1v) is 9.15. The molecule has 1 saturated heterocycles. The molecule has 0 radical (unpaired) electrons. The van der Waals surface area contributed by atoms with E-state index < -0.39 is 0 Å². The maximum atomic E-state index is 13.3. The third-order valence-electron chi connectivity index (χ3n) is 4.51. The lowest BCUT2D eigenvalue weighted by molar-refractivity contribution is 0.106. The molecule has 1 aliphatic rings. The molecular weight excluding hydrogens is 319 g/mol. The molecule has 1 unspecified atom stereocenters. The van der Waals surface area contributed by atoms with Gasteiger partial charge in [0.05, 0.1) is 6.10 Å². The number of guanidine groups is 1. The van der Waals surface area contributed by atoms with Crippen LogP contribution in [0.25, 0.3) is 10.9 Å². The molecule has 0 bridgehead atoms. The predicted molar refractivity (Wildman–Crippen MR) is 99.5 cm³/mol. The number of fused-ring (bicyclic) bond motifs is 1. The number of hydrogen-bond donors (Lipinski definition) is 3. The average molecular weight is 346 g/mol. The summed E-state index contributed by atoms with van der Waals surface area (Å²) in [6.07, 6.45) is 6.47. The molecule has 25 heavy (non-hydrogen) atoms. The van der Waals surface area contributed by atoms with Gasteiger partial charge in [0.2, 0.25) is 0 Å². The topological polar surface area (TPSA) is 61.4 Å². The van der Waals surface area contributed by atoms with E-state index in [-0.39, 0.29) is 5.82 Å². The van der Waals surface area contributed by atoms with Crippen molar-refractivity contribution in [2.75, 3.05) is 26.2 Å². The number of nitrogens with zero attached hydrogens (tertiary/aromatic N) is 1. The molecule has 1 fully saturated rings. The normalized spacial score (nSPS) is 18.0. The Morgan fingerprint density at radius 2 is 2.32 bits per heavy atom. The lowest BCUT2D eigenvalue weighted by Gasteiger charge is -2.12. The van der Waals surface area contributed by atoms with Crippen LogP contribution >= 0.6 is 0 Å². The molecule has 0 spiro atoms. The van der Waals surface area contributed by atoms with Crippen LogP contribution in [0, 0.1) is 5.82 Å². The number of ether oxygens (including phenoxy) is 1. The molecule has 2 heterocycles. The first-order valence-electron chi connectivity index (χ1n) is 9.15. The van der Waals surface area contributed by atoms with Crippen molar-refractivity contribution in [1.82, 2.24) is 15.6 Å². The first kappa shape index (κ1) is 17.7. The SMILES string of the molecule is CCNC(=NCCC1CCCO1)NCCc1c[nH]c2cc(F)ccc12. The van der Waals surface area contributed by atoms with Crippen LogP contribution in [0.15, 0.2) is 29.4 Å². The van der Waals surface area contributed by atoms with Gasteiger partial charge in [-0.1, -0.05) is 0 Å². The van der Waals surface area contributed by atoms with Crippen molar-refractivity contribution in [2.45, 2.75) is 38.7 Å². The third kappa shape index (κ3) is 4.95. The van der Waals surface area contributed by atoms with Crippen molar-refractivity contribution in [2.24, 2.45) is 4.99 Å². The number of aromatic nitrogens is 1. The van der Waals surface area contributed by atoms with E-state index in [4.69, 9.17) is 4.74 Å². The highest BCUT2D eigenvalue weighted by molar-refractivity contribution is 5.83. The van der Waals surface area contributed by atoms with Gasteiger partial charge in [-0.2, -0.15) is 0 Å².